The fourth-order valence-electron chi connectivity index (χ4n) is 1.48. The molecule has 0 heterocycles. The molecule has 1 rings (SSSR count). The van der Waals surface area contributed by atoms with E-state index >= 15 is 0 Å². The highest BCUT2D eigenvalue weighted by molar-refractivity contribution is 5.91. The number of carboxylic acids is 1. The van der Waals surface area contributed by atoms with Gasteiger partial charge in [0.25, 0.3) is 0 Å². The van der Waals surface area contributed by atoms with Crippen LogP contribution in [0.2, 0.25) is 0 Å². The summed E-state index contributed by atoms with van der Waals surface area (Å²) < 4.78 is 5.26. The van der Waals surface area contributed by atoms with Crippen molar-refractivity contribution in [1.29, 1.82) is 0 Å². The number of methoxy groups -OCH3 is 1. The lowest BCUT2D eigenvalue weighted by Crippen LogP contribution is -2.28. The Bertz CT molecular complexity index is 289. The molecule has 0 radical (unpaired) electrons. The predicted molar refractivity (Wildman–Crippen MR) is 49.5 cm³/mol. The van der Waals surface area contributed by atoms with Gasteiger partial charge in [0, 0.05) is 13.5 Å². The summed E-state index contributed by atoms with van der Waals surface area (Å²) in [5, 5.41) is 8.80. The Kier molecular flexibility index (Phi) is 2.57. The molecule has 0 saturated heterocycles. The molecule has 3 heteroatoms. The molecule has 1 atom stereocenters. The second kappa shape index (κ2) is 3.34. The van der Waals surface area contributed by atoms with E-state index in [0.717, 1.165) is 5.57 Å². The molecule has 0 fully saturated rings. The summed E-state index contributed by atoms with van der Waals surface area (Å²) in [5.41, 5.74) is 0.900. The van der Waals surface area contributed by atoms with Crippen LogP contribution in [0.1, 0.15) is 20.3 Å². The summed E-state index contributed by atoms with van der Waals surface area (Å²) in [6, 6.07) is 0. The van der Waals surface area contributed by atoms with Gasteiger partial charge in [0.15, 0.2) is 0 Å². The summed E-state index contributed by atoms with van der Waals surface area (Å²) >= 11 is 0. The second-order valence-electron chi connectivity index (χ2n) is 3.53. The van der Waals surface area contributed by atoms with E-state index in [2.05, 4.69) is 0 Å². The molecule has 3 nitrogen and oxygen atoms in total. The maximum atomic E-state index is 10.7. The highest BCUT2D eigenvalue weighted by Gasteiger charge is 2.26. The first-order valence-electron chi connectivity index (χ1n) is 4.16. The van der Waals surface area contributed by atoms with Gasteiger partial charge < -0.3 is 9.84 Å². The molecule has 13 heavy (non-hydrogen) atoms. The minimum absolute atomic E-state index is 0.344. The Hall–Kier alpha value is -1.09. The lowest BCUT2D eigenvalue weighted by molar-refractivity contribution is -0.132. The van der Waals surface area contributed by atoms with Gasteiger partial charge in [0.2, 0.25) is 0 Å². The van der Waals surface area contributed by atoms with E-state index in [4.69, 9.17) is 9.84 Å². The normalized spacial score (nSPS) is 27.9. The zero-order chi connectivity index (χ0) is 10.1. The molecular weight excluding hydrogens is 168 g/mol. The lowest BCUT2D eigenvalue weighted by Gasteiger charge is -2.28. The van der Waals surface area contributed by atoms with Crippen molar-refractivity contribution < 1.29 is 14.6 Å². The molecule has 0 amide bonds. The maximum Gasteiger partial charge on any atom is 0.335 e. The van der Waals surface area contributed by atoms with Crippen LogP contribution in [0.25, 0.3) is 0 Å². The molecule has 1 unspecified atom stereocenters. The summed E-state index contributed by atoms with van der Waals surface area (Å²) in [6.07, 6.45) is 4.05. The zero-order valence-corrected chi connectivity index (χ0v) is 8.13. The average molecular weight is 182 g/mol. The highest BCUT2D eigenvalue weighted by atomic mass is 16.5. The average Bonchev–Trinajstić information content (AvgIpc) is 2.03. The summed E-state index contributed by atoms with van der Waals surface area (Å²) in [4.78, 5) is 10.7. The van der Waals surface area contributed by atoms with Crippen molar-refractivity contribution in [3.05, 3.63) is 23.3 Å². The van der Waals surface area contributed by atoms with Crippen molar-refractivity contribution in [3.8, 4) is 0 Å². The van der Waals surface area contributed by atoms with E-state index in [1.54, 1.807) is 19.3 Å². The van der Waals surface area contributed by atoms with Crippen LogP contribution in [0, 0.1) is 0 Å². The second-order valence-corrected chi connectivity index (χ2v) is 3.53. The largest absolute Gasteiger partial charge is 0.478 e. The Balaban J connectivity index is 2.93. The smallest absolute Gasteiger partial charge is 0.335 e. The van der Waals surface area contributed by atoms with Gasteiger partial charge in [0.1, 0.15) is 0 Å². The quantitative estimate of drug-likeness (QED) is 0.707. The third-order valence-corrected chi connectivity index (χ3v) is 2.38. The van der Waals surface area contributed by atoms with Crippen molar-refractivity contribution in [1.82, 2.24) is 0 Å². The van der Waals surface area contributed by atoms with Gasteiger partial charge in [-0.05, 0) is 19.9 Å². The molecule has 0 aliphatic heterocycles. The van der Waals surface area contributed by atoms with E-state index in [9.17, 15) is 4.79 Å². The Labute approximate surface area is 77.7 Å². The molecule has 1 N–H and O–H groups in total. The maximum absolute atomic E-state index is 10.7. The van der Waals surface area contributed by atoms with E-state index in [1.807, 2.05) is 13.8 Å². The topological polar surface area (TPSA) is 46.5 Å². The Morgan fingerprint density at radius 1 is 1.69 bits per heavy atom. The summed E-state index contributed by atoms with van der Waals surface area (Å²) in [5.74, 6) is -0.869. The fraction of sp³-hybridized carbons (Fsp3) is 0.500. The number of carbonyl (C=O) groups is 1. The molecule has 0 aromatic carbocycles. The standard InChI is InChI=1S/C10H14O3/c1-7-6-10(2,13-3)5-4-8(7)9(11)12/h4-5H,6H2,1-3H3,(H,11,12). The van der Waals surface area contributed by atoms with Crippen molar-refractivity contribution >= 4 is 5.97 Å². The molecule has 1 aliphatic rings. The number of ether oxygens (including phenoxy) is 1. The van der Waals surface area contributed by atoms with Gasteiger partial charge >= 0.3 is 5.97 Å². The van der Waals surface area contributed by atoms with Crippen molar-refractivity contribution in [2.45, 2.75) is 25.9 Å². The monoisotopic (exact) mass is 182 g/mol. The molecule has 0 spiro atoms. The van der Waals surface area contributed by atoms with Crippen LogP contribution in [0.4, 0.5) is 0 Å². The lowest BCUT2D eigenvalue weighted by atomic mass is 9.88. The third kappa shape index (κ3) is 1.98. The third-order valence-electron chi connectivity index (χ3n) is 2.38. The Morgan fingerprint density at radius 2 is 2.31 bits per heavy atom. The molecular formula is C10H14O3. The molecule has 0 aromatic heterocycles. The number of carboxylic acid groups (broad SMARTS) is 1. The SMILES string of the molecule is COC1(C)C=CC(C(=O)O)=C(C)C1. The zero-order valence-electron chi connectivity index (χ0n) is 8.13. The molecule has 0 saturated carbocycles. The molecule has 72 valence electrons. The van der Waals surface area contributed by atoms with Crippen molar-refractivity contribution in [2.24, 2.45) is 0 Å². The van der Waals surface area contributed by atoms with Crippen LogP contribution in [0.5, 0.6) is 0 Å². The van der Waals surface area contributed by atoms with Gasteiger partial charge in [-0.3, -0.25) is 0 Å². The van der Waals surface area contributed by atoms with E-state index in [1.165, 1.54) is 0 Å². The minimum atomic E-state index is -0.869. The van der Waals surface area contributed by atoms with E-state index in [0.29, 0.717) is 12.0 Å². The number of hydrogen-bond acceptors (Lipinski definition) is 2. The first-order chi connectivity index (χ1) is 5.98. The van der Waals surface area contributed by atoms with Crippen LogP contribution in [-0.4, -0.2) is 23.8 Å². The van der Waals surface area contributed by atoms with Crippen LogP contribution >= 0.6 is 0 Å². The molecule has 0 bridgehead atoms. The first-order valence-corrected chi connectivity index (χ1v) is 4.16. The summed E-state index contributed by atoms with van der Waals surface area (Å²) in [7, 11) is 1.63. The van der Waals surface area contributed by atoms with Crippen LogP contribution in [-0.2, 0) is 9.53 Å². The molecule has 1 aliphatic carbocycles. The van der Waals surface area contributed by atoms with Gasteiger partial charge in [0.05, 0.1) is 11.2 Å². The number of rotatable bonds is 2. The van der Waals surface area contributed by atoms with E-state index < -0.39 is 5.97 Å². The summed E-state index contributed by atoms with van der Waals surface area (Å²) in [6.45, 7) is 3.76. The Morgan fingerprint density at radius 3 is 2.69 bits per heavy atom. The van der Waals surface area contributed by atoms with Gasteiger partial charge in [-0.1, -0.05) is 11.6 Å². The van der Waals surface area contributed by atoms with Gasteiger partial charge in [-0.2, -0.15) is 0 Å². The predicted octanol–water partition coefficient (Wildman–Crippen LogP) is 1.75. The van der Waals surface area contributed by atoms with E-state index in [-0.39, 0.29) is 5.60 Å². The van der Waals surface area contributed by atoms with Gasteiger partial charge in [-0.15, -0.1) is 0 Å². The minimum Gasteiger partial charge on any atom is -0.478 e. The molecule has 0 aromatic rings. The first kappa shape index (κ1) is 9.99. The highest BCUT2D eigenvalue weighted by Crippen LogP contribution is 2.28. The van der Waals surface area contributed by atoms with Crippen molar-refractivity contribution in [3.63, 3.8) is 0 Å². The number of aliphatic carboxylic acids is 1. The van der Waals surface area contributed by atoms with Crippen molar-refractivity contribution in [2.75, 3.05) is 7.11 Å². The van der Waals surface area contributed by atoms with Crippen LogP contribution in [0.15, 0.2) is 23.3 Å². The van der Waals surface area contributed by atoms with Gasteiger partial charge in [-0.25, -0.2) is 4.79 Å². The number of hydrogen-bond donors (Lipinski definition) is 1. The van der Waals surface area contributed by atoms with Crippen LogP contribution in [0.3, 0.4) is 0 Å². The van der Waals surface area contributed by atoms with Crippen LogP contribution < -0.4 is 0 Å². The fourth-order valence-corrected chi connectivity index (χ4v) is 1.48.